The normalized spacial score (nSPS) is 23.2. The summed E-state index contributed by atoms with van der Waals surface area (Å²) in [6.45, 7) is 10.6. The highest BCUT2D eigenvalue weighted by molar-refractivity contribution is 5.88. The van der Waals surface area contributed by atoms with Crippen molar-refractivity contribution in [2.75, 3.05) is 0 Å². The van der Waals surface area contributed by atoms with Crippen LogP contribution in [0.25, 0.3) is 0 Å². The van der Waals surface area contributed by atoms with Gasteiger partial charge in [-0.1, -0.05) is 46.8 Å². The van der Waals surface area contributed by atoms with E-state index in [0.29, 0.717) is 17.4 Å². The van der Waals surface area contributed by atoms with E-state index in [1.165, 1.54) is 0 Å². The van der Waals surface area contributed by atoms with E-state index in [9.17, 15) is 9.59 Å². The maximum atomic E-state index is 11.9. The molecule has 1 fully saturated rings. The van der Waals surface area contributed by atoms with Crippen molar-refractivity contribution in [2.45, 2.75) is 65.4 Å². The van der Waals surface area contributed by atoms with Crippen molar-refractivity contribution in [3.05, 3.63) is 35.4 Å². The highest BCUT2D eigenvalue weighted by atomic mass is 17.5. The number of hydrogen-bond acceptors (Lipinski definition) is 6. The molecule has 6 nitrogen and oxygen atoms in total. The minimum atomic E-state index is -1.01. The van der Waals surface area contributed by atoms with Gasteiger partial charge in [0.1, 0.15) is 6.10 Å². The molecule has 1 aliphatic carbocycles. The third kappa shape index (κ3) is 5.73. The zero-order valence-corrected chi connectivity index (χ0v) is 16.1. The molecule has 0 aromatic heterocycles. The van der Waals surface area contributed by atoms with Crippen LogP contribution in [0, 0.1) is 11.8 Å². The SMILES string of the molecule is CC1CCC(OC(=O)OOOC(=O)c2ccc(C(C)(C)C)cc2)CC1C. The summed E-state index contributed by atoms with van der Waals surface area (Å²) in [5.74, 6) is 0.350. The number of ether oxygens (including phenoxy) is 1. The van der Waals surface area contributed by atoms with Gasteiger partial charge < -0.3 is 4.74 Å². The molecule has 0 heterocycles. The van der Waals surface area contributed by atoms with Crippen LogP contribution in [0.2, 0.25) is 0 Å². The summed E-state index contributed by atoms with van der Waals surface area (Å²) in [6, 6.07) is 6.96. The van der Waals surface area contributed by atoms with Gasteiger partial charge in [0, 0.05) is 0 Å². The molecule has 0 aliphatic heterocycles. The van der Waals surface area contributed by atoms with Gasteiger partial charge >= 0.3 is 12.1 Å². The van der Waals surface area contributed by atoms with Crippen molar-refractivity contribution in [1.82, 2.24) is 0 Å². The smallest absolute Gasteiger partial charge is 0.429 e. The molecular formula is C20H28O6. The van der Waals surface area contributed by atoms with E-state index in [4.69, 9.17) is 4.74 Å². The minimum Gasteiger partial charge on any atom is -0.429 e. The lowest BCUT2D eigenvalue weighted by Gasteiger charge is -2.30. The first-order valence-electron chi connectivity index (χ1n) is 9.03. The Balaban J connectivity index is 1.73. The Bertz CT molecular complexity index is 616. The molecular weight excluding hydrogens is 336 g/mol. The van der Waals surface area contributed by atoms with Crippen LogP contribution in [0.15, 0.2) is 24.3 Å². The Hall–Kier alpha value is -2.08. The van der Waals surface area contributed by atoms with Crippen molar-refractivity contribution >= 4 is 12.1 Å². The van der Waals surface area contributed by atoms with Gasteiger partial charge in [-0.05, 0) is 54.2 Å². The van der Waals surface area contributed by atoms with Gasteiger partial charge in [-0.15, -0.1) is 0 Å². The molecule has 0 saturated heterocycles. The fraction of sp³-hybridized carbons (Fsp3) is 0.600. The number of rotatable bonds is 4. The summed E-state index contributed by atoms with van der Waals surface area (Å²) in [5.41, 5.74) is 1.37. The Morgan fingerprint density at radius 2 is 1.62 bits per heavy atom. The second-order valence-corrected chi connectivity index (χ2v) is 8.11. The molecule has 3 unspecified atom stereocenters. The summed E-state index contributed by atoms with van der Waals surface area (Å²) in [5, 5.41) is 4.27. The second kappa shape index (κ2) is 8.54. The maximum Gasteiger partial charge on any atom is 0.543 e. The topological polar surface area (TPSA) is 71.1 Å². The van der Waals surface area contributed by atoms with Crippen LogP contribution in [-0.4, -0.2) is 18.2 Å². The zero-order chi connectivity index (χ0) is 19.3. The van der Waals surface area contributed by atoms with Crippen molar-refractivity contribution in [3.63, 3.8) is 0 Å². The van der Waals surface area contributed by atoms with E-state index in [-0.39, 0.29) is 11.5 Å². The molecule has 0 amide bonds. The van der Waals surface area contributed by atoms with Crippen LogP contribution in [-0.2, 0) is 25.0 Å². The van der Waals surface area contributed by atoms with Crippen molar-refractivity contribution < 1.29 is 29.1 Å². The summed E-state index contributed by atoms with van der Waals surface area (Å²) in [7, 11) is 0. The molecule has 2 rings (SSSR count). The van der Waals surface area contributed by atoms with Gasteiger partial charge in [0.25, 0.3) is 0 Å². The van der Waals surface area contributed by atoms with Crippen LogP contribution in [0.5, 0.6) is 0 Å². The molecule has 144 valence electrons. The summed E-state index contributed by atoms with van der Waals surface area (Å²) in [6.07, 6.45) is 1.38. The van der Waals surface area contributed by atoms with Gasteiger partial charge in [0.2, 0.25) is 0 Å². The fourth-order valence-corrected chi connectivity index (χ4v) is 2.99. The quantitative estimate of drug-likeness (QED) is 0.427. The molecule has 6 heteroatoms. The molecule has 1 aromatic carbocycles. The van der Waals surface area contributed by atoms with E-state index >= 15 is 0 Å². The van der Waals surface area contributed by atoms with Gasteiger partial charge in [-0.25, -0.2) is 14.5 Å². The number of hydrogen-bond donors (Lipinski definition) is 0. The van der Waals surface area contributed by atoms with Gasteiger partial charge in [0.05, 0.1) is 10.6 Å². The monoisotopic (exact) mass is 364 g/mol. The molecule has 1 aliphatic rings. The maximum absolute atomic E-state index is 11.9. The first kappa shape index (κ1) is 20.2. The fourth-order valence-electron chi connectivity index (χ4n) is 2.99. The first-order valence-corrected chi connectivity index (χ1v) is 9.03. The third-order valence-electron chi connectivity index (χ3n) is 5.01. The standard InChI is InChI=1S/C20H28O6/c1-13-6-11-17(12-14(13)2)23-19(22)25-26-24-18(21)15-7-9-16(10-8-15)20(3,4)5/h7-10,13-14,17H,6,11-12H2,1-5H3. The highest BCUT2D eigenvalue weighted by Crippen LogP contribution is 2.31. The Labute approximate surface area is 154 Å². The molecule has 0 spiro atoms. The van der Waals surface area contributed by atoms with Crippen molar-refractivity contribution in [1.29, 1.82) is 0 Å². The molecule has 3 atom stereocenters. The van der Waals surface area contributed by atoms with Gasteiger partial charge in [-0.2, -0.15) is 0 Å². The second-order valence-electron chi connectivity index (χ2n) is 8.11. The van der Waals surface area contributed by atoms with E-state index < -0.39 is 12.1 Å². The Kier molecular flexibility index (Phi) is 6.64. The van der Waals surface area contributed by atoms with E-state index in [0.717, 1.165) is 24.8 Å². The minimum absolute atomic E-state index is 0.0137. The van der Waals surface area contributed by atoms with E-state index in [2.05, 4.69) is 49.4 Å². The van der Waals surface area contributed by atoms with Gasteiger partial charge in [0.15, 0.2) is 0 Å². The Morgan fingerprint density at radius 1 is 0.962 bits per heavy atom. The largest absolute Gasteiger partial charge is 0.543 e. The Morgan fingerprint density at radius 3 is 2.19 bits per heavy atom. The number of benzene rings is 1. The van der Waals surface area contributed by atoms with Crippen LogP contribution in [0.3, 0.4) is 0 Å². The summed E-state index contributed by atoms with van der Waals surface area (Å²) >= 11 is 0. The lowest BCUT2D eigenvalue weighted by molar-refractivity contribution is -0.453. The summed E-state index contributed by atoms with van der Waals surface area (Å²) < 4.78 is 5.17. The molecule has 0 bridgehead atoms. The molecule has 1 saturated carbocycles. The van der Waals surface area contributed by atoms with Gasteiger partial charge in [-0.3, -0.25) is 4.89 Å². The first-order chi connectivity index (χ1) is 12.2. The predicted molar refractivity (Wildman–Crippen MR) is 95.2 cm³/mol. The van der Waals surface area contributed by atoms with Crippen molar-refractivity contribution in [2.24, 2.45) is 11.8 Å². The highest BCUT2D eigenvalue weighted by Gasteiger charge is 2.28. The average Bonchev–Trinajstić information content (AvgIpc) is 2.57. The molecule has 26 heavy (non-hydrogen) atoms. The van der Waals surface area contributed by atoms with Crippen LogP contribution < -0.4 is 0 Å². The van der Waals surface area contributed by atoms with Crippen LogP contribution in [0.4, 0.5) is 4.79 Å². The zero-order valence-electron chi connectivity index (χ0n) is 16.1. The molecule has 1 aromatic rings. The van der Waals surface area contributed by atoms with E-state index in [1.807, 2.05) is 12.1 Å². The number of carbonyl (C=O) groups is 2. The number of carbonyl (C=O) groups excluding carboxylic acids is 2. The summed E-state index contributed by atoms with van der Waals surface area (Å²) in [4.78, 5) is 32.4. The van der Waals surface area contributed by atoms with E-state index in [1.54, 1.807) is 12.1 Å². The lowest BCUT2D eigenvalue weighted by atomic mass is 9.80. The van der Waals surface area contributed by atoms with Crippen molar-refractivity contribution in [3.8, 4) is 0 Å². The molecule has 0 N–H and O–H groups in total. The third-order valence-corrected chi connectivity index (χ3v) is 5.01. The predicted octanol–water partition coefficient (Wildman–Crippen LogP) is 4.97. The van der Waals surface area contributed by atoms with Crippen LogP contribution >= 0.6 is 0 Å². The van der Waals surface area contributed by atoms with Crippen LogP contribution in [0.1, 0.15) is 69.8 Å². The molecule has 0 radical (unpaired) electrons. The average molecular weight is 364 g/mol. The lowest BCUT2D eigenvalue weighted by Crippen LogP contribution is -2.29.